The summed E-state index contributed by atoms with van der Waals surface area (Å²) in [5, 5.41) is 7.13. The van der Waals surface area contributed by atoms with Gasteiger partial charge in [0.1, 0.15) is 0 Å². The highest BCUT2D eigenvalue weighted by Gasteiger charge is 2.19. The lowest BCUT2D eigenvalue weighted by Gasteiger charge is -2.15. The van der Waals surface area contributed by atoms with E-state index < -0.39 is 0 Å². The molecule has 2 N–H and O–H groups in total. The molecule has 0 aromatic rings. The summed E-state index contributed by atoms with van der Waals surface area (Å²) < 4.78 is 4.92. The van der Waals surface area contributed by atoms with Crippen LogP contribution in [0.25, 0.3) is 0 Å². The molecule has 1 unspecified atom stereocenters. The zero-order chi connectivity index (χ0) is 10.4. The maximum atomic E-state index is 5.15. The Hall–Kier alpha value is -0.390. The minimum atomic E-state index is 0.502. The summed E-state index contributed by atoms with van der Waals surface area (Å²) in [7, 11) is 3.81. The van der Waals surface area contributed by atoms with E-state index in [0.717, 1.165) is 24.7 Å². The van der Waals surface area contributed by atoms with Crippen molar-refractivity contribution in [2.24, 2.45) is 0 Å². The molecule has 0 radical (unpaired) electrons. The molecule has 0 amide bonds. The van der Waals surface area contributed by atoms with Gasteiger partial charge in [0, 0.05) is 26.2 Å². The molecule has 1 fully saturated rings. The SMILES string of the molecule is COCCNC(=S)NC1CCN(C)C1. The van der Waals surface area contributed by atoms with E-state index in [2.05, 4.69) is 22.6 Å². The van der Waals surface area contributed by atoms with Crippen molar-refractivity contribution in [3.63, 3.8) is 0 Å². The molecule has 82 valence electrons. The highest BCUT2D eigenvalue weighted by Crippen LogP contribution is 2.05. The van der Waals surface area contributed by atoms with Gasteiger partial charge in [0.2, 0.25) is 0 Å². The van der Waals surface area contributed by atoms with Crippen molar-refractivity contribution in [3.8, 4) is 0 Å². The monoisotopic (exact) mass is 217 g/mol. The third kappa shape index (κ3) is 4.21. The van der Waals surface area contributed by atoms with E-state index in [1.807, 2.05) is 0 Å². The van der Waals surface area contributed by atoms with Gasteiger partial charge in [-0.15, -0.1) is 0 Å². The number of rotatable bonds is 4. The molecule has 1 heterocycles. The highest BCUT2D eigenvalue weighted by atomic mass is 32.1. The maximum Gasteiger partial charge on any atom is 0.166 e. The Morgan fingerprint density at radius 3 is 3.00 bits per heavy atom. The molecule has 1 saturated heterocycles. The van der Waals surface area contributed by atoms with Crippen LogP contribution in [0.4, 0.5) is 0 Å². The van der Waals surface area contributed by atoms with Crippen molar-refractivity contribution < 1.29 is 4.74 Å². The summed E-state index contributed by atoms with van der Waals surface area (Å²) in [6.07, 6.45) is 1.17. The fourth-order valence-electron chi connectivity index (χ4n) is 1.56. The Labute approximate surface area is 91.0 Å². The quantitative estimate of drug-likeness (QED) is 0.504. The second kappa shape index (κ2) is 6.16. The molecular weight excluding hydrogens is 198 g/mol. The topological polar surface area (TPSA) is 36.5 Å². The second-order valence-electron chi connectivity index (χ2n) is 3.64. The van der Waals surface area contributed by atoms with E-state index in [1.165, 1.54) is 6.42 Å². The molecule has 0 spiro atoms. The number of methoxy groups -OCH3 is 1. The predicted molar refractivity (Wildman–Crippen MR) is 61.5 cm³/mol. The molecule has 0 aliphatic carbocycles. The van der Waals surface area contributed by atoms with Gasteiger partial charge in [-0.3, -0.25) is 0 Å². The zero-order valence-corrected chi connectivity index (χ0v) is 9.69. The van der Waals surface area contributed by atoms with Crippen LogP contribution in [0.3, 0.4) is 0 Å². The summed E-state index contributed by atoms with van der Waals surface area (Å²) in [5.74, 6) is 0. The van der Waals surface area contributed by atoms with Gasteiger partial charge in [0.05, 0.1) is 6.61 Å². The van der Waals surface area contributed by atoms with E-state index in [1.54, 1.807) is 7.11 Å². The van der Waals surface area contributed by atoms with E-state index >= 15 is 0 Å². The first-order valence-corrected chi connectivity index (χ1v) is 5.35. The smallest absolute Gasteiger partial charge is 0.166 e. The third-order valence-electron chi connectivity index (χ3n) is 2.32. The molecule has 1 rings (SSSR count). The molecule has 1 aliphatic heterocycles. The van der Waals surface area contributed by atoms with Crippen molar-refractivity contribution in [2.75, 3.05) is 40.4 Å². The number of ether oxygens (including phenoxy) is 1. The van der Waals surface area contributed by atoms with Crippen molar-refractivity contribution in [1.29, 1.82) is 0 Å². The van der Waals surface area contributed by atoms with Crippen LogP contribution in [-0.4, -0.2) is 56.5 Å². The molecule has 0 bridgehead atoms. The second-order valence-corrected chi connectivity index (χ2v) is 4.05. The van der Waals surface area contributed by atoms with Crippen LogP contribution in [-0.2, 0) is 4.74 Å². The van der Waals surface area contributed by atoms with Crippen molar-refractivity contribution >= 4 is 17.3 Å². The molecule has 1 atom stereocenters. The normalized spacial score (nSPS) is 22.3. The van der Waals surface area contributed by atoms with Gasteiger partial charge in [-0.1, -0.05) is 0 Å². The molecule has 1 aliphatic rings. The van der Waals surface area contributed by atoms with Crippen LogP contribution in [0.2, 0.25) is 0 Å². The van der Waals surface area contributed by atoms with Gasteiger partial charge >= 0.3 is 0 Å². The van der Waals surface area contributed by atoms with Crippen LogP contribution >= 0.6 is 12.2 Å². The van der Waals surface area contributed by atoms with Crippen molar-refractivity contribution in [2.45, 2.75) is 12.5 Å². The number of likely N-dealkylation sites (N-methyl/N-ethyl adjacent to an activating group) is 1. The molecule has 0 aromatic heterocycles. The maximum absolute atomic E-state index is 5.15. The van der Waals surface area contributed by atoms with E-state index in [9.17, 15) is 0 Å². The molecule has 0 aromatic carbocycles. The molecule has 4 nitrogen and oxygen atoms in total. The number of likely N-dealkylation sites (tertiary alicyclic amines) is 1. The molecule has 5 heteroatoms. The number of hydrogen-bond acceptors (Lipinski definition) is 3. The van der Waals surface area contributed by atoms with Gasteiger partial charge in [-0.25, -0.2) is 0 Å². The van der Waals surface area contributed by atoms with E-state index in [-0.39, 0.29) is 0 Å². The van der Waals surface area contributed by atoms with Gasteiger partial charge in [-0.2, -0.15) is 0 Å². The van der Waals surface area contributed by atoms with Crippen molar-refractivity contribution in [1.82, 2.24) is 15.5 Å². The van der Waals surface area contributed by atoms with Crippen LogP contribution < -0.4 is 10.6 Å². The largest absolute Gasteiger partial charge is 0.383 e. The first-order valence-electron chi connectivity index (χ1n) is 4.94. The van der Waals surface area contributed by atoms with Gasteiger partial charge in [0.15, 0.2) is 5.11 Å². The lowest BCUT2D eigenvalue weighted by atomic mass is 10.3. The summed E-state index contributed by atoms with van der Waals surface area (Å²) in [5.41, 5.74) is 0. The van der Waals surface area contributed by atoms with Crippen LogP contribution in [0.15, 0.2) is 0 Å². The Kier molecular flexibility index (Phi) is 5.14. The zero-order valence-electron chi connectivity index (χ0n) is 8.88. The average molecular weight is 217 g/mol. The Morgan fingerprint density at radius 2 is 2.43 bits per heavy atom. The average Bonchev–Trinajstić information content (AvgIpc) is 2.52. The minimum Gasteiger partial charge on any atom is -0.383 e. The predicted octanol–water partition coefficient (Wildman–Crippen LogP) is -0.199. The minimum absolute atomic E-state index is 0.502. The summed E-state index contributed by atoms with van der Waals surface area (Å²) >= 11 is 5.15. The van der Waals surface area contributed by atoms with Crippen LogP contribution in [0.5, 0.6) is 0 Å². The van der Waals surface area contributed by atoms with Crippen LogP contribution in [0, 0.1) is 0 Å². The molecular formula is C9H19N3OS. The number of nitrogens with zero attached hydrogens (tertiary/aromatic N) is 1. The number of thiocarbonyl (C=S) groups is 1. The number of hydrogen-bond donors (Lipinski definition) is 2. The van der Waals surface area contributed by atoms with Crippen LogP contribution in [0.1, 0.15) is 6.42 Å². The Balaban J connectivity index is 2.08. The van der Waals surface area contributed by atoms with E-state index in [0.29, 0.717) is 12.6 Å². The van der Waals surface area contributed by atoms with Gasteiger partial charge in [0.25, 0.3) is 0 Å². The first kappa shape index (κ1) is 11.7. The lowest BCUT2D eigenvalue weighted by molar-refractivity contribution is 0.204. The fourth-order valence-corrected chi connectivity index (χ4v) is 1.82. The highest BCUT2D eigenvalue weighted by molar-refractivity contribution is 7.80. The van der Waals surface area contributed by atoms with Gasteiger partial charge in [-0.05, 0) is 32.2 Å². The third-order valence-corrected chi connectivity index (χ3v) is 2.58. The standard InChI is InChI=1S/C9H19N3OS/c1-12-5-3-8(7-12)11-9(14)10-4-6-13-2/h8H,3-7H2,1-2H3,(H2,10,11,14). The summed E-state index contributed by atoms with van der Waals surface area (Å²) in [4.78, 5) is 2.30. The summed E-state index contributed by atoms with van der Waals surface area (Å²) in [6, 6.07) is 0.502. The number of nitrogens with one attached hydrogen (secondary N) is 2. The molecule has 14 heavy (non-hydrogen) atoms. The Morgan fingerprint density at radius 1 is 1.64 bits per heavy atom. The summed E-state index contributed by atoms with van der Waals surface area (Å²) in [6.45, 7) is 3.68. The van der Waals surface area contributed by atoms with Crippen molar-refractivity contribution in [3.05, 3.63) is 0 Å². The van der Waals surface area contributed by atoms with E-state index in [4.69, 9.17) is 17.0 Å². The van der Waals surface area contributed by atoms with Gasteiger partial charge < -0.3 is 20.3 Å². The fraction of sp³-hybridized carbons (Fsp3) is 0.889. The Bertz CT molecular complexity index is 189. The first-order chi connectivity index (χ1) is 6.72. The lowest BCUT2D eigenvalue weighted by Crippen LogP contribution is -2.43. The molecule has 0 saturated carbocycles.